The summed E-state index contributed by atoms with van der Waals surface area (Å²) < 4.78 is 8.75. The van der Waals surface area contributed by atoms with Crippen molar-refractivity contribution in [3.05, 3.63) is 12.2 Å². The molecule has 0 rings (SSSR count). The van der Waals surface area contributed by atoms with E-state index in [2.05, 4.69) is 9.47 Å². The van der Waals surface area contributed by atoms with Crippen molar-refractivity contribution < 1.29 is 67.6 Å². The molecular weight excluding hydrogens is 399 g/mol. The minimum atomic E-state index is -1.01. The Balaban J connectivity index is -0.00000180. The van der Waals surface area contributed by atoms with Crippen LogP contribution in [0.4, 0.5) is 0 Å². The summed E-state index contributed by atoms with van der Waals surface area (Å²) in [6, 6.07) is 0. The Morgan fingerprint density at radius 3 is 1.23 bits per heavy atom. The number of ether oxygens (including phenoxy) is 2. The predicted molar refractivity (Wildman–Crippen MR) is 68.4 cm³/mol. The number of nitrogens with zero attached hydrogens (tertiary/aromatic N) is 2. The van der Waals surface area contributed by atoms with E-state index in [1.807, 2.05) is 0 Å². The van der Waals surface area contributed by atoms with Crippen LogP contribution >= 0.6 is 0 Å². The van der Waals surface area contributed by atoms with Crippen molar-refractivity contribution >= 4 is 23.9 Å². The monoisotopic (exact) mass is 414 g/mol. The predicted octanol–water partition coefficient (Wildman–Crippen LogP) is -1.20. The first kappa shape index (κ1) is 26.1. The minimum Gasteiger partial charge on any atom is -0.389 e. The van der Waals surface area contributed by atoms with Crippen LogP contribution < -0.4 is 0 Å². The molecule has 0 fully saturated rings. The molecule has 8 nitrogen and oxygen atoms in total. The number of hydrogen-bond donors (Lipinski definition) is 0. The van der Waals surface area contributed by atoms with Gasteiger partial charge in [0.2, 0.25) is 0 Å². The fourth-order valence-corrected chi connectivity index (χ4v) is 1.01. The third-order valence-corrected chi connectivity index (χ3v) is 1.68. The zero-order valence-corrected chi connectivity index (χ0v) is 19.3. The van der Waals surface area contributed by atoms with Gasteiger partial charge in [-0.1, -0.05) is 0 Å². The van der Waals surface area contributed by atoms with Gasteiger partial charge in [-0.3, -0.25) is 19.4 Å². The van der Waals surface area contributed by atoms with Gasteiger partial charge in [-0.05, 0) is 28.2 Å². The van der Waals surface area contributed by atoms with Crippen molar-refractivity contribution in [3.63, 3.8) is 0 Å². The summed E-state index contributed by atoms with van der Waals surface area (Å²) in [5, 5.41) is 0. The molecule has 0 aromatic carbocycles. The number of hydrogen-bond acceptors (Lipinski definition) is 8. The molecule has 0 amide bonds. The molecule has 22 heavy (non-hydrogen) atoms. The number of carbonyl (C=O) groups is 4. The molecule has 0 unspecified atom stereocenters. The van der Waals surface area contributed by atoms with Gasteiger partial charge in [0, 0.05) is 51.1 Å². The molecule has 0 saturated carbocycles. The van der Waals surface area contributed by atoms with Crippen molar-refractivity contribution in [2.75, 3.05) is 41.3 Å². The summed E-state index contributed by atoms with van der Waals surface area (Å²) in [4.78, 5) is 47.6. The van der Waals surface area contributed by atoms with Gasteiger partial charge in [-0.25, -0.2) is 9.59 Å². The van der Waals surface area contributed by atoms with E-state index in [-0.39, 0.29) is 52.0 Å². The summed E-state index contributed by atoms with van der Waals surface area (Å²) >= 11 is 0. The largest absolute Gasteiger partial charge is 0.389 e. The smallest absolute Gasteiger partial charge is 0.338 e. The van der Waals surface area contributed by atoms with Crippen LogP contribution in [-0.4, -0.2) is 75.0 Å². The van der Waals surface area contributed by atoms with Crippen molar-refractivity contribution in [1.82, 2.24) is 9.80 Å². The second-order valence-electron chi connectivity index (χ2n) is 4.40. The number of carbonyl (C=O) groups excluding carboxylic acids is 4. The van der Waals surface area contributed by atoms with Crippen LogP contribution in [-0.2, 0) is 67.6 Å². The summed E-state index contributed by atoms with van der Waals surface area (Å²) in [7, 11) is 6.54. The zero-order chi connectivity index (χ0) is 15.7. The maximum absolute atomic E-state index is 11.2. The quantitative estimate of drug-likeness (QED) is 0.231. The van der Waals surface area contributed by atoms with E-state index in [4.69, 9.17) is 0 Å². The van der Waals surface area contributed by atoms with E-state index >= 15 is 0 Å². The van der Waals surface area contributed by atoms with Gasteiger partial charge in [-0.2, -0.15) is 0 Å². The number of rotatable bonds is 6. The molecule has 10 heteroatoms. The summed E-state index contributed by atoms with van der Waals surface area (Å²) in [6.07, 6.45) is 1.44. The van der Waals surface area contributed by atoms with Gasteiger partial charge in [0.15, 0.2) is 0 Å². The third kappa shape index (κ3) is 15.6. The molecule has 0 N–H and O–H groups in total. The van der Waals surface area contributed by atoms with Crippen LogP contribution in [0, 0.1) is 0 Å². The van der Waals surface area contributed by atoms with Crippen molar-refractivity contribution in [2.24, 2.45) is 0 Å². The van der Waals surface area contributed by atoms with Crippen LogP contribution in [0.3, 0.4) is 0 Å². The van der Waals surface area contributed by atoms with Gasteiger partial charge in [0.05, 0.1) is 13.1 Å². The zero-order valence-electron chi connectivity index (χ0n) is 13.3. The molecule has 0 saturated heterocycles. The van der Waals surface area contributed by atoms with Crippen LogP contribution in [0.25, 0.3) is 0 Å². The molecule has 0 aliphatic rings. The Kier molecular flexibility index (Phi) is 16.4. The van der Waals surface area contributed by atoms with Crippen molar-refractivity contribution in [1.29, 1.82) is 0 Å². The van der Waals surface area contributed by atoms with Crippen LogP contribution in [0.1, 0.15) is 0 Å². The van der Waals surface area contributed by atoms with Crippen molar-refractivity contribution in [3.8, 4) is 0 Å². The van der Waals surface area contributed by atoms with E-state index in [9.17, 15) is 19.2 Å². The van der Waals surface area contributed by atoms with E-state index in [0.29, 0.717) is 0 Å². The van der Waals surface area contributed by atoms with E-state index in [1.165, 1.54) is 9.80 Å². The van der Waals surface area contributed by atoms with Crippen LogP contribution in [0.15, 0.2) is 12.2 Å². The Morgan fingerprint density at radius 1 is 0.727 bits per heavy atom. The molecule has 0 aliphatic heterocycles. The molecule has 0 heterocycles. The van der Waals surface area contributed by atoms with E-state index in [0.717, 1.165) is 12.2 Å². The molecular formula is C12H18N2O6Zn2. The molecule has 0 spiro atoms. The molecule has 0 atom stereocenters. The normalized spacial score (nSPS) is 9.91. The fourth-order valence-electron chi connectivity index (χ4n) is 1.01. The Hall–Kier alpha value is -0.813. The second-order valence-corrected chi connectivity index (χ2v) is 4.40. The molecule has 0 aliphatic carbocycles. The topological polar surface area (TPSA) is 93.2 Å². The van der Waals surface area contributed by atoms with Crippen LogP contribution in [0.5, 0.6) is 0 Å². The average Bonchev–Trinajstić information content (AvgIpc) is 2.23. The maximum atomic E-state index is 11.2. The summed E-state index contributed by atoms with van der Waals surface area (Å²) in [5.74, 6) is -3.51. The Labute approximate surface area is 154 Å². The molecule has 116 valence electrons. The van der Waals surface area contributed by atoms with Gasteiger partial charge in [-0.15, -0.1) is 0 Å². The summed E-state index contributed by atoms with van der Waals surface area (Å²) in [5.41, 5.74) is 0. The number of esters is 4. The summed E-state index contributed by atoms with van der Waals surface area (Å²) in [6.45, 7) is -0.128. The first-order valence-corrected chi connectivity index (χ1v) is 5.67. The molecule has 0 aromatic heterocycles. The van der Waals surface area contributed by atoms with Gasteiger partial charge in [0.1, 0.15) is 0 Å². The second kappa shape index (κ2) is 13.8. The SMILES string of the molecule is CN(C)CC(=O)OC(=O)/C=C/C(=O)OC(=O)CN(C)C.[Zn].[Zn]. The molecule has 0 bridgehead atoms. The van der Waals surface area contributed by atoms with E-state index in [1.54, 1.807) is 28.2 Å². The van der Waals surface area contributed by atoms with Crippen molar-refractivity contribution in [2.45, 2.75) is 0 Å². The van der Waals surface area contributed by atoms with Gasteiger partial charge < -0.3 is 9.47 Å². The Bertz CT molecular complexity index is 386. The first-order valence-electron chi connectivity index (χ1n) is 5.67. The standard InChI is InChI=1S/C12H18N2O6.2Zn/c1-13(2)7-11(17)19-9(15)5-6-10(16)20-12(18)8-14(3)4;;/h5-6H,7-8H2,1-4H3;;/b6-5+;;. The third-order valence-electron chi connectivity index (χ3n) is 1.68. The number of likely N-dealkylation sites (N-methyl/N-ethyl adjacent to an activating group) is 2. The average molecular weight is 417 g/mol. The van der Waals surface area contributed by atoms with Gasteiger partial charge >= 0.3 is 23.9 Å². The fraction of sp³-hybridized carbons (Fsp3) is 0.500. The molecule has 0 radical (unpaired) electrons. The van der Waals surface area contributed by atoms with Crippen LogP contribution in [0.2, 0.25) is 0 Å². The maximum Gasteiger partial charge on any atom is 0.338 e. The Morgan fingerprint density at radius 2 is 1.00 bits per heavy atom. The molecule has 0 aromatic rings. The first-order chi connectivity index (χ1) is 9.20. The van der Waals surface area contributed by atoms with Gasteiger partial charge in [0.25, 0.3) is 0 Å². The minimum absolute atomic E-state index is 0. The van der Waals surface area contributed by atoms with E-state index < -0.39 is 23.9 Å².